The second-order valence-corrected chi connectivity index (χ2v) is 8.68. The fraction of sp³-hybridized carbons (Fsp3) is 0.571. The monoisotopic (exact) mass is 416 g/mol. The van der Waals surface area contributed by atoms with Crippen molar-refractivity contribution < 1.29 is 14.3 Å². The van der Waals surface area contributed by atoms with Crippen LogP contribution in [0.25, 0.3) is 10.2 Å². The fourth-order valence-corrected chi connectivity index (χ4v) is 5.19. The Morgan fingerprint density at radius 3 is 2.52 bits per heavy atom. The van der Waals surface area contributed by atoms with Crippen LogP contribution in [0.2, 0.25) is 0 Å². The van der Waals surface area contributed by atoms with Crippen molar-refractivity contribution in [2.24, 2.45) is 0 Å². The third-order valence-electron chi connectivity index (χ3n) is 5.79. The van der Waals surface area contributed by atoms with Crippen molar-refractivity contribution in [3.63, 3.8) is 0 Å². The summed E-state index contributed by atoms with van der Waals surface area (Å²) < 4.78 is 5.04. The van der Waals surface area contributed by atoms with E-state index in [0.717, 1.165) is 23.1 Å². The maximum atomic E-state index is 13.1. The number of ether oxygens (including phenoxy) is 1. The van der Waals surface area contributed by atoms with Gasteiger partial charge in [0.2, 0.25) is 0 Å². The van der Waals surface area contributed by atoms with E-state index in [4.69, 9.17) is 15.5 Å². The van der Waals surface area contributed by atoms with Gasteiger partial charge in [0.1, 0.15) is 9.71 Å². The van der Waals surface area contributed by atoms with Crippen LogP contribution in [0.3, 0.4) is 0 Å². The van der Waals surface area contributed by atoms with Gasteiger partial charge < -0.3 is 20.3 Å². The zero-order valence-corrected chi connectivity index (χ0v) is 17.7. The Morgan fingerprint density at radius 1 is 1.10 bits per heavy atom. The molecule has 0 saturated carbocycles. The summed E-state index contributed by atoms with van der Waals surface area (Å²) in [7, 11) is 0. The molecule has 0 unspecified atom stereocenters. The zero-order valence-electron chi connectivity index (χ0n) is 16.9. The van der Waals surface area contributed by atoms with Crippen molar-refractivity contribution >= 4 is 39.2 Å². The number of hydrogen-bond acceptors (Lipinski definition) is 6. The average Bonchev–Trinajstić information content (AvgIpc) is 3.03. The number of amides is 2. The quantitative estimate of drug-likeness (QED) is 0.810. The van der Waals surface area contributed by atoms with E-state index in [1.165, 1.54) is 48.3 Å². The van der Waals surface area contributed by atoms with Gasteiger partial charge in [0, 0.05) is 37.3 Å². The molecule has 7 nitrogen and oxygen atoms in total. The van der Waals surface area contributed by atoms with Gasteiger partial charge in [0.25, 0.3) is 5.91 Å². The SMILES string of the molecule is CCOC(=O)N1CCN(C(=O)c2sc3nc4c(cc3c2N)CCCCCC4)CC1. The Bertz CT molecular complexity index is 918. The number of rotatable bonds is 2. The lowest BCUT2D eigenvalue weighted by Gasteiger charge is -2.33. The number of hydrogen-bond donors (Lipinski definition) is 1. The number of nitrogens with two attached hydrogens (primary N) is 1. The van der Waals surface area contributed by atoms with Crippen molar-refractivity contribution in [3.05, 3.63) is 22.2 Å². The number of piperazine rings is 1. The summed E-state index contributed by atoms with van der Waals surface area (Å²) in [6, 6.07) is 2.16. The molecule has 1 fully saturated rings. The molecule has 0 bridgehead atoms. The highest BCUT2D eigenvalue weighted by Crippen LogP contribution is 2.36. The van der Waals surface area contributed by atoms with Gasteiger partial charge in [0.15, 0.2) is 0 Å². The number of aryl methyl sites for hydroxylation is 2. The maximum absolute atomic E-state index is 13.1. The van der Waals surface area contributed by atoms with Crippen LogP contribution < -0.4 is 5.73 Å². The highest BCUT2D eigenvalue weighted by atomic mass is 32.1. The van der Waals surface area contributed by atoms with E-state index < -0.39 is 0 Å². The summed E-state index contributed by atoms with van der Waals surface area (Å²) in [4.78, 5) is 34.7. The minimum atomic E-state index is -0.317. The van der Waals surface area contributed by atoms with Gasteiger partial charge in [-0.2, -0.15) is 0 Å². The molecular formula is C21H28N4O3S. The highest BCUT2D eigenvalue weighted by molar-refractivity contribution is 7.21. The Labute approximate surface area is 174 Å². The van der Waals surface area contributed by atoms with Gasteiger partial charge in [-0.05, 0) is 44.2 Å². The van der Waals surface area contributed by atoms with Crippen molar-refractivity contribution in [3.8, 4) is 0 Å². The van der Waals surface area contributed by atoms with Crippen LogP contribution in [0.4, 0.5) is 10.5 Å². The van der Waals surface area contributed by atoms with Crippen LogP contribution in [0, 0.1) is 0 Å². The largest absolute Gasteiger partial charge is 0.450 e. The number of pyridine rings is 1. The predicted molar refractivity (Wildman–Crippen MR) is 114 cm³/mol. The van der Waals surface area contributed by atoms with Crippen molar-refractivity contribution in [1.82, 2.24) is 14.8 Å². The number of anilines is 1. The smallest absolute Gasteiger partial charge is 0.409 e. The molecule has 0 aromatic carbocycles. The molecular weight excluding hydrogens is 388 g/mol. The summed E-state index contributed by atoms with van der Waals surface area (Å²) in [6.45, 7) is 4.05. The normalized spacial score (nSPS) is 17.6. The van der Waals surface area contributed by atoms with Crippen molar-refractivity contribution in [2.75, 3.05) is 38.5 Å². The van der Waals surface area contributed by atoms with Gasteiger partial charge >= 0.3 is 6.09 Å². The second kappa shape index (κ2) is 8.57. The first-order chi connectivity index (χ1) is 14.1. The topological polar surface area (TPSA) is 88.8 Å². The lowest BCUT2D eigenvalue weighted by Crippen LogP contribution is -2.50. The highest BCUT2D eigenvalue weighted by Gasteiger charge is 2.28. The van der Waals surface area contributed by atoms with Gasteiger partial charge in [-0.1, -0.05) is 12.8 Å². The molecule has 4 rings (SSSR count). The number of nitrogen functional groups attached to an aromatic ring is 1. The third-order valence-corrected chi connectivity index (χ3v) is 6.89. The first-order valence-corrected chi connectivity index (χ1v) is 11.3. The van der Waals surface area contributed by atoms with Crippen LogP contribution in [0.1, 0.15) is 53.5 Å². The van der Waals surface area contributed by atoms with E-state index >= 15 is 0 Å². The number of nitrogens with zero attached hydrogens (tertiary/aromatic N) is 3. The molecule has 2 N–H and O–H groups in total. The Hall–Kier alpha value is -2.35. The van der Waals surface area contributed by atoms with Gasteiger partial charge in [0.05, 0.1) is 12.3 Å². The van der Waals surface area contributed by atoms with Crippen molar-refractivity contribution in [2.45, 2.75) is 45.4 Å². The molecule has 2 aromatic heterocycles. The van der Waals surface area contributed by atoms with Crippen LogP contribution >= 0.6 is 11.3 Å². The Balaban J connectivity index is 1.54. The maximum Gasteiger partial charge on any atom is 0.409 e. The zero-order chi connectivity index (χ0) is 20.4. The van der Waals surface area contributed by atoms with E-state index in [1.54, 1.807) is 16.7 Å². The Kier molecular flexibility index (Phi) is 5.89. The predicted octanol–water partition coefficient (Wildman–Crippen LogP) is 3.45. The average molecular weight is 417 g/mol. The van der Waals surface area contributed by atoms with Crippen LogP contribution in [-0.2, 0) is 17.6 Å². The number of fused-ring (bicyclic) bond motifs is 2. The summed E-state index contributed by atoms with van der Waals surface area (Å²) >= 11 is 1.39. The first-order valence-electron chi connectivity index (χ1n) is 10.5. The molecule has 1 aliphatic carbocycles. The van der Waals surface area contributed by atoms with E-state index in [-0.39, 0.29) is 12.0 Å². The molecule has 156 valence electrons. The minimum absolute atomic E-state index is 0.0681. The summed E-state index contributed by atoms with van der Waals surface area (Å²) in [5, 5.41) is 0.905. The van der Waals surface area contributed by atoms with E-state index in [0.29, 0.717) is 43.4 Å². The number of aromatic nitrogens is 1. The van der Waals surface area contributed by atoms with Crippen LogP contribution in [0.15, 0.2) is 6.07 Å². The molecule has 2 aliphatic rings. The molecule has 0 spiro atoms. The molecule has 2 aromatic rings. The summed E-state index contributed by atoms with van der Waals surface area (Å²) in [5.41, 5.74) is 9.39. The van der Waals surface area contributed by atoms with Crippen molar-refractivity contribution in [1.29, 1.82) is 0 Å². The molecule has 2 amide bonds. The van der Waals surface area contributed by atoms with E-state index in [1.807, 2.05) is 0 Å². The summed E-state index contributed by atoms with van der Waals surface area (Å²) in [6.07, 6.45) is 6.59. The lowest BCUT2D eigenvalue weighted by molar-refractivity contribution is 0.0575. The molecule has 8 heteroatoms. The first kappa shape index (κ1) is 19.9. The van der Waals surface area contributed by atoms with Crippen LogP contribution in [-0.4, -0.2) is 59.6 Å². The number of carbonyl (C=O) groups excluding carboxylic acids is 2. The van der Waals surface area contributed by atoms with Gasteiger partial charge in [-0.15, -0.1) is 11.3 Å². The Morgan fingerprint density at radius 2 is 1.79 bits per heavy atom. The molecule has 29 heavy (non-hydrogen) atoms. The van der Waals surface area contributed by atoms with E-state index in [9.17, 15) is 9.59 Å². The number of carbonyl (C=O) groups is 2. The van der Waals surface area contributed by atoms with Gasteiger partial charge in [-0.3, -0.25) is 4.79 Å². The molecule has 3 heterocycles. The molecule has 1 aliphatic heterocycles. The van der Waals surface area contributed by atoms with Gasteiger partial charge in [-0.25, -0.2) is 9.78 Å². The van der Waals surface area contributed by atoms with E-state index in [2.05, 4.69) is 6.07 Å². The minimum Gasteiger partial charge on any atom is -0.450 e. The van der Waals surface area contributed by atoms with Crippen LogP contribution in [0.5, 0.6) is 0 Å². The third kappa shape index (κ3) is 4.03. The lowest BCUT2D eigenvalue weighted by atomic mass is 9.96. The number of thiophene rings is 1. The second-order valence-electron chi connectivity index (χ2n) is 7.68. The molecule has 0 radical (unpaired) electrons. The molecule has 0 atom stereocenters. The standard InChI is InChI=1S/C21H28N4O3S/c1-2-28-21(27)25-11-9-24(10-12-25)20(26)18-17(22)15-13-14-7-5-3-4-6-8-16(14)23-19(15)29-18/h13H,2-12,22H2,1H3. The fourth-order valence-electron chi connectivity index (χ4n) is 4.12. The summed E-state index contributed by atoms with van der Waals surface area (Å²) in [5.74, 6) is -0.0681. The molecule has 1 saturated heterocycles.